The van der Waals surface area contributed by atoms with Crippen molar-refractivity contribution < 1.29 is 22.9 Å². The van der Waals surface area contributed by atoms with E-state index >= 15 is 0 Å². The van der Waals surface area contributed by atoms with E-state index in [0.717, 1.165) is 37.0 Å². The van der Waals surface area contributed by atoms with Crippen LogP contribution in [0.1, 0.15) is 91.9 Å². The standard InChI is InChI=1S/C27H47NO5S/c1-17(15-18(2)25(30)28-13-14-34(31,32)33)22-7-8-23-21-6-5-19-16-20(29)9-11-26(19,3)24(21)10-12-27(22,23)4/h17-24,29H,5-16H2,1-4H3,(H,28,30)(H,31,32,33)/t17-,18-,19?,20-,21?,22-,23?,24?,26+,27-/m1/s1. The first-order chi connectivity index (χ1) is 15.8. The molecule has 0 aromatic rings. The SMILES string of the molecule is C[C@H](C[C@@H](C)[C@H]1CCC2C3CCC4C[C@H](O)CC[C@]4(C)C3CC[C@@]21C)C(=O)NCCS(=O)(=O)O. The maximum absolute atomic E-state index is 12.5. The predicted octanol–water partition coefficient (Wildman–Crippen LogP) is 4.67. The Hall–Kier alpha value is -0.660. The molecule has 4 fully saturated rings. The molecule has 10 atom stereocenters. The maximum atomic E-state index is 12.5. The Morgan fingerprint density at radius 3 is 2.38 bits per heavy atom. The van der Waals surface area contributed by atoms with Crippen LogP contribution in [0.2, 0.25) is 0 Å². The van der Waals surface area contributed by atoms with Crippen LogP contribution in [-0.4, -0.2) is 42.4 Å². The van der Waals surface area contributed by atoms with Gasteiger partial charge in [-0.3, -0.25) is 9.35 Å². The van der Waals surface area contributed by atoms with Gasteiger partial charge < -0.3 is 10.4 Å². The molecule has 0 aliphatic heterocycles. The molecule has 0 bridgehead atoms. The Morgan fingerprint density at radius 2 is 1.68 bits per heavy atom. The summed E-state index contributed by atoms with van der Waals surface area (Å²) in [6.45, 7) is 9.29. The Labute approximate surface area is 206 Å². The van der Waals surface area contributed by atoms with Crippen molar-refractivity contribution in [2.75, 3.05) is 12.3 Å². The fourth-order valence-corrected chi connectivity index (χ4v) is 9.88. The van der Waals surface area contributed by atoms with Crippen LogP contribution in [0.4, 0.5) is 0 Å². The Balaban J connectivity index is 1.38. The number of rotatable bonds is 7. The summed E-state index contributed by atoms with van der Waals surface area (Å²) in [5, 5.41) is 12.9. The highest BCUT2D eigenvalue weighted by atomic mass is 32.2. The van der Waals surface area contributed by atoms with E-state index in [4.69, 9.17) is 4.55 Å². The summed E-state index contributed by atoms with van der Waals surface area (Å²) in [5.41, 5.74) is 0.751. The van der Waals surface area contributed by atoms with Crippen LogP contribution in [0, 0.1) is 52.3 Å². The lowest BCUT2D eigenvalue weighted by molar-refractivity contribution is -0.131. The summed E-state index contributed by atoms with van der Waals surface area (Å²) in [4.78, 5) is 12.5. The third-order valence-electron chi connectivity index (χ3n) is 11.2. The van der Waals surface area contributed by atoms with Crippen LogP contribution in [0.25, 0.3) is 0 Å². The molecular weight excluding hydrogens is 450 g/mol. The summed E-state index contributed by atoms with van der Waals surface area (Å²) in [5.74, 6) is 3.44. The number of fused-ring (bicyclic) bond motifs is 5. The second-order valence-electron chi connectivity index (χ2n) is 13.0. The zero-order valence-electron chi connectivity index (χ0n) is 21.6. The molecule has 4 aliphatic rings. The molecule has 7 heteroatoms. The van der Waals surface area contributed by atoms with Gasteiger partial charge in [0.15, 0.2) is 0 Å². The zero-order chi connectivity index (χ0) is 24.9. The van der Waals surface area contributed by atoms with Crippen molar-refractivity contribution >= 4 is 16.0 Å². The van der Waals surface area contributed by atoms with Crippen LogP contribution in [0.3, 0.4) is 0 Å². The molecule has 4 aliphatic carbocycles. The molecule has 34 heavy (non-hydrogen) atoms. The third kappa shape index (κ3) is 4.95. The molecule has 4 saturated carbocycles. The topological polar surface area (TPSA) is 104 Å². The summed E-state index contributed by atoms with van der Waals surface area (Å²) in [6, 6.07) is 0. The van der Waals surface area contributed by atoms with Gasteiger partial charge in [0.05, 0.1) is 11.9 Å². The first-order valence-electron chi connectivity index (χ1n) is 13.8. The van der Waals surface area contributed by atoms with Crippen molar-refractivity contribution in [3.05, 3.63) is 0 Å². The molecule has 4 unspecified atom stereocenters. The van der Waals surface area contributed by atoms with Crippen molar-refractivity contribution in [1.82, 2.24) is 5.32 Å². The van der Waals surface area contributed by atoms with E-state index in [2.05, 4.69) is 26.1 Å². The van der Waals surface area contributed by atoms with Crippen molar-refractivity contribution in [3.63, 3.8) is 0 Å². The number of aliphatic hydroxyl groups excluding tert-OH is 1. The van der Waals surface area contributed by atoms with Gasteiger partial charge in [-0.2, -0.15) is 8.42 Å². The molecule has 0 aromatic carbocycles. The van der Waals surface area contributed by atoms with Crippen molar-refractivity contribution in [2.24, 2.45) is 52.3 Å². The summed E-state index contributed by atoms with van der Waals surface area (Å²) >= 11 is 0. The van der Waals surface area contributed by atoms with Crippen molar-refractivity contribution in [3.8, 4) is 0 Å². The fraction of sp³-hybridized carbons (Fsp3) is 0.963. The lowest BCUT2D eigenvalue weighted by Crippen LogP contribution is -2.54. The zero-order valence-corrected chi connectivity index (χ0v) is 22.4. The van der Waals surface area contributed by atoms with E-state index < -0.39 is 15.9 Å². The fourth-order valence-electron chi connectivity index (χ4n) is 9.52. The van der Waals surface area contributed by atoms with E-state index in [1.807, 2.05) is 6.92 Å². The van der Waals surface area contributed by atoms with Crippen LogP contribution in [0.15, 0.2) is 0 Å². The largest absolute Gasteiger partial charge is 0.393 e. The van der Waals surface area contributed by atoms with Gasteiger partial charge >= 0.3 is 0 Å². The van der Waals surface area contributed by atoms with Crippen molar-refractivity contribution in [1.29, 1.82) is 0 Å². The lowest BCUT2D eigenvalue weighted by atomic mass is 9.44. The van der Waals surface area contributed by atoms with Crippen LogP contribution < -0.4 is 5.32 Å². The average molecular weight is 498 g/mol. The molecule has 0 spiro atoms. The van der Waals surface area contributed by atoms with Crippen molar-refractivity contribution in [2.45, 2.75) is 98.0 Å². The average Bonchev–Trinajstić information content (AvgIpc) is 3.10. The first-order valence-corrected chi connectivity index (χ1v) is 15.4. The van der Waals surface area contributed by atoms with Crippen LogP contribution in [0.5, 0.6) is 0 Å². The first kappa shape index (κ1) is 26.4. The highest BCUT2D eigenvalue weighted by Crippen LogP contribution is 2.68. The van der Waals surface area contributed by atoms with Gasteiger partial charge in [0.2, 0.25) is 5.91 Å². The summed E-state index contributed by atoms with van der Waals surface area (Å²) in [7, 11) is -4.05. The van der Waals surface area contributed by atoms with Gasteiger partial charge in [-0.25, -0.2) is 0 Å². The second kappa shape index (κ2) is 9.66. The smallest absolute Gasteiger partial charge is 0.266 e. The highest BCUT2D eigenvalue weighted by molar-refractivity contribution is 7.85. The lowest BCUT2D eigenvalue weighted by Gasteiger charge is -2.61. The molecule has 3 N–H and O–H groups in total. The summed E-state index contributed by atoms with van der Waals surface area (Å²) in [6.07, 6.45) is 11.7. The number of hydrogen-bond donors (Lipinski definition) is 3. The van der Waals surface area contributed by atoms with Gasteiger partial charge in [0.25, 0.3) is 10.1 Å². The Kier molecular flexibility index (Phi) is 7.50. The Bertz CT molecular complexity index is 861. The molecule has 6 nitrogen and oxygen atoms in total. The highest BCUT2D eigenvalue weighted by Gasteiger charge is 2.60. The second-order valence-corrected chi connectivity index (χ2v) is 14.6. The van der Waals surface area contributed by atoms with Gasteiger partial charge in [0, 0.05) is 12.5 Å². The molecule has 1 amide bonds. The van der Waals surface area contributed by atoms with E-state index in [1.165, 1.54) is 44.9 Å². The predicted molar refractivity (Wildman–Crippen MR) is 134 cm³/mol. The quantitative estimate of drug-likeness (QED) is 0.443. The van der Waals surface area contributed by atoms with E-state index in [1.54, 1.807) is 0 Å². The summed E-state index contributed by atoms with van der Waals surface area (Å²) < 4.78 is 30.7. The minimum absolute atomic E-state index is 0.0422. The Morgan fingerprint density at radius 1 is 1.00 bits per heavy atom. The van der Waals surface area contributed by atoms with Gasteiger partial charge in [-0.05, 0) is 111 Å². The molecule has 0 radical (unpaired) electrons. The third-order valence-corrected chi connectivity index (χ3v) is 12.0. The molecule has 0 aromatic heterocycles. The van der Waals surface area contributed by atoms with E-state index in [9.17, 15) is 18.3 Å². The van der Waals surface area contributed by atoms with Gasteiger partial charge in [-0.1, -0.05) is 27.7 Å². The number of nitrogens with one attached hydrogen (secondary N) is 1. The van der Waals surface area contributed by atoms with E-state index in [0.29, 0.717) is 28.6 Å². The normalized spacial score (nSPS) is 43.8. The number of amides is 1. The number of carbonyl (C=O) groups is 1. The number of aliphatic hydroxyl groups is 1. The minimum Gasteiger partial charge on any atom is -0.393 e. The maximum Gasteiger partial charge on any atom is 0.266 e. The van der Waals surface area contributed by atoms with Crippen LogP contribution in [-0.2, 0) is 14.9 Å². The van der Waals surface area contributed by atoms with Gasteiger partial charge in [0.1, 0.15) is 0 Å². The monoisotopic (exact) mass is 497 g/mol. The molecule has 0 heterocycles. The molecular formula is C27H47NO5S. The molecule has 0 saturated heterocycles. The van der Waals surface area contributed by atoms with Gasteiger partial charge in [-0.15, -0.1) is 0 Å². The molecule has 196 valence electrons. The molecule has 4 rings (SSSR count). The number of hydrogen-bond acceptors (Lipinski definition) is 4. The minimum atomic E-state index is -4.05. The number of carbonyl (C=O) groups excluding carboxylic acids is 1. The van der Waals surface area contributed by atoms with Crippen LogP contribution >= 0.6 is 0 Å². The van der Waals surface area contributed by atoms with E-state index in [-0.39, 0.29) is 24.5 Å².